The molecule has 1 nitrogen and oxygen atoms in total. The van der Waals surface area contributed by atoms with Crippen molar-refractivity contribution in [3.05, 3.63) is 65.6 Å². The Morgan fingerprint density at radius 3 is 2.25 bits per heavy atom. The van der Waals surface area contributed by atoms with Crippen LogP contribution in [0.1, 0.15) is 17.2 Å². The van der Waals surface area contributed by atoms with E-state index < -0.39 is 6.10 Å². The minimum absolute atomic E-state index is 0.648. The molecule has 20 heavy (non-hydrogen) atoms. The lowest BCUT2D eigenvalue weighted by atomic mass is 9.97. The fraction of sp³-hybridized carbons (Fsp3) is 0.0667. The van der Waals surface area contributed by atoms with E-state index in [4.69, 9.17) is 0 Å². The normalized spacial score (nSPS) is 12.8. The van der Waals surface area contributed by atoms with Gasteiger partial charge in [0.15, 0.2) is 0 Å². The molecule has 1 heterocycles. The molecule has 0 bridgehead atoms. The molecule has 0 saturated carbocycles. The number of aliphatic hydroxyl groups is 1. The summed E-state index contributed by atoms with van der Waals surface area (Å²) in [4.78, 5) is 0. The second kappa shape index (κ2) is 5.89. The molecular weight excluding hydrogens is 468 g/mol. The fourth-order valence-electron chi connectivity index (χ4n) is 2.23. The second-order valence-electron chi connectivity index (χ2n) is 4.36. The third-order valence-electron chi connectivity index (χ3n) is 3.18. The van der Waals surface area contributed by atoms with Gasteiger partial charge in [0.05, 0.1) is 7.57 Å². The Balaban J connectivity index is 2.20. The zero-order chi connectivity index (χ0) is 14.3. The molecule has 1 atom stereocenters. The minimum Gasteiger partial charge on any atom is -0.384 e. The molecule has 0 radical (unpaired) electrons. The van der Waals surface area contributed by atoms with Crippen molar-refractivity contribution in [2.75, 3.05) is 0 Å². The first kappa shape index (κ1) is 14.7. The lowest BCUT2D eigenvalue weighted by molar-refractivity contribution is 0.221. The van der Waals surface area contributed by atoms with Crippen LogP contribution in [0.3, 0.4) is 0 Å². The van der Waals surface area contributed by atoms with Crippen LogP contribution >= 0.6 is 59.1 Å². The number of benzene rings is 2. The highest BCUT2D eigenvalue weighted by atomic mass is 79.9. The van der Waals surface area contributed by atoms with E-state index in [2.05, 4.69) is 47.8 Å². The Morgan fingerprint density at radius 1 is 0.900 bits per heavy atom. The summed E-state index contributed by atoms with van der Waals surface area (Å²) in [5.41, 5.74) is 1.80. The largest absolute Gasteiger partial charge is 0.384 e. The van der Waals surface area contributed by atoms with Gasteiger partial charge in [0.2, 0.25) is 0 Å². The van der Waals surface area contributed by atoms with E-state index in [0.717, 1.165) is 33.9 Å². The molecule has 1 unspecified atom stereocenters. The molecule has 1 N–H and O–H groups in total. The van der Waals surface area contributed by atoms with Crippen molar-refractivity contribution in [2.45, 2.75) is 6.10 Å². The summed E-state index contributed by atoms with van der Waals surface area (Å²) < 4.78 is 2.98. The van der Waals surface area contributed by atoms with Gasteiger partial charge < -0.3 is 5.11 Å². The van der Waals surface area contributed by atoms with Gasteiger partial charge in [-0.25, -0.2) is 0 Å². The van der Waals surface area contributed by atoms with E-state index in [1.807, 2.05) is 42.5 Å². The maximum atomic E-state index is 10.7. The summed E-state index contributed by atoms with van der Waals surface area (Å²) in [7, 11) is 0. The van der Waals surface area contributed by atoms with Crippen LogP contribution < -0.4 is 0 Å². The summed E-state index contributed by atoms with van der Waals surface area (Å²) in [6.07, 6.45) is -0.648. The van der Waals surface area contributed by atoms with Gasteiger partial charge in [-0.1, -0.05) is 46.3 Å². The summed E-state index contributed by atoms with van der Waals surface area (Å²) in [5.74, 6) is 0. The Hall–Kier alpha value is -0.200. The number of halogens is 3. The number of rotatable bonds is 2. The van der Waals surface area contributed by atoms with Gasteiger partial charge in [-0.15, -0.1) is 11.3 Å². The first-order valence-corrected chi connectivity index (χ1v) is 9.07. The average molecular weight is 477 g/mol. The number of hydrogen-bond acceptors (Lipinski definition) is 2. The van der Waals surface area contributed by atoms with Crippen LogP contribution in [0.4, 0.5) is 0 Å². The predicted octanol–water partition coefficient (Wildman–Crippen LogP) is 6.27. The molecule has 3 rings (SSSR count). The molecular formula is C15H9Br3OS. The molecule has 0 aliphatic rings. The number of fused-ring (bicyclic) bond motifs is 1. The van der Waals surface area contributed by atoms with Gasteiger partial charge in [0, 0.05) is 10.0 Å². The standard InChI is InChI=1S/C15H9Br3OS/c16-12-6-5-10(8-3-1-2-4-9(8)12)14(19)11-7-13(17)20-15(11)18/h1-7,14,19H. The van der Waals surface area contributed by atoms with Gasteiger partial charge in [-0.2, -0.15) is 0 Å². The van der Waals surface area contributed by atoms with Crippen LogP contribution in [0.25, 0.3) is 10.8 Å². The number of hydrogen-bond donors (Lipinski definition) is 1. The number of thiophene rings is 1. The lowest BCUT2D eigenvalue weighted by Gasteiger charge is -2.14. The van der Waals surface area contributed by atoms with Crippen molar-refractivity contribution in [3.63, 3.8) is 0 Å². The van der Waals surface area contributed by atoms with Gasteiger partial charge >= 0.3 is 0 Å². The maximum Gasteiger partial charge on any atom is 0.107 e. The third-order valence-corrected chi connectivity index (χ3v) is 6.25. The Kier molecular flexibility index (Phi) is 4.34. The third kappa shape index (κ3) is 2.62. The van der Waals surface area contributed by atoms with E-state index >= 15 is 0 Å². The van der Waals surface area contributed by atoms with Crippen molar-refractivity contribution in [2.24, 2.45) is 0 Å². The first-order chi connectivity index (χ1) is 9.58. The molecule has 5 heteroatoms. The smallest absolute Gasteiger partial charge is 0.107 e. The van der Waals surface area contributed by atoms with Crippen molar-refractivity contribution in [1.29, 1.82) is 0 Å². The average Bonchev–Trinajstić information content (AvgIpc) is 2.78. The molecule has 0 aliphatic heterocycles. The fourth-order valence-corrected chi connectivity index (χ4v) is 5.59. The van der Waals surface area contributed by atoms with Gasteiger partial charge in [-0.3, -0.25) is 0 Å². The highest BCUT2D eigenvalue weighted by Gasteiger charge is 2.19. The van der Waals surface area contributed by atoms with Crippen LogP contribution in [0, 0.1) is 0 Å². The molecule has 0 spiro atoms. The Bertz CT molecular complexity index is 782. The highest BCUT2D eigenvalue weighted by molar-refractivity contribution is 9.12. The summed E-state index contributed by atoms with van der Waals surface area (Å²) in [6.45, 7) is 0. The first-order valence-electron chi connectivity index (χ1n) is 5.88. The van der Waals surface area contributed by atoms with E-state index in [0.29, 0.717) is 0 Å². The predicted molar refractivity (Wildman–Crippen MR) is 95.4 cm³/mol. The quantitative estimate of drug-likeness (QED) is 0.462. The number of aliphatic hydroxyl groups excluding tert-OH is 1. The van der Waals surface area contributed by atoms with Crippen LogP contribution in [-0.4, -0.2) is 5.11 Å². The molecule has 0 saturated heterocycles. The maximum absolute atomic E-state index is 10.7. The lowest BCUT2D eigenvalue weighted by Crippen LogP contribution is -2.00. The molecule has 2 aromatic carbocycles. The molecule has 102 valence electrons. The summed E-state index contributed by atoms with van der Waals surface area (Å²) in [5, 5.41) is 12.9. The highest BCUT2D eigenvalue weighted by Crippen LogP contribution is 2.40. The topological polar surface area (TPSA) is 20.2 Å². The molecule has 1 aromatic heterocycles. The molecule has 0 aliphatic carbocycles. The van der Waals surface area contributed by atoms with Crippen molar-refractivity contribution in [3.8, 4) is 0 Å². The Labute approximate surface area is 146 Å². The van der Waals surface area contributed by atoms with Gasteiger partial charge in [0.25, 0.3) is 0 Å². The van der Waals surface area contributed by atoms with Crippen LogP contribution in [-0.2, 0) is 0 Å². The molecule has 0 fully saturated rings. The van der Waals surface area contributed by atoms with E-state index in [-0.39, 0.29) is 0 Å². The monoisotopic (exact) mass is 474 g/mol. The Morgan fingerprint density at radius 2 is 1.60 bits per heavy atom. The van der Waals surface area contributed by atoms with Crippen molar-refractivity contribution in [1.82, 2.24) is 0 Å². The van der Waals surface area contributed by atoms with E-state index in [1.54, 1.807) is 11.3 Å². The zero-order valence-electron chi connectivity index (χ0n) is 10.1. The van der Waals surface area contributed by atoms with E-state index in [9.17, 15) is 5.11 Å². The van der Waals surface area contributed by atoms with Crippen LogP contribution in [0.5, 0.6) is 0 Å². The summed E-state index contributed by atoms with van der Waals surface area (Å²) >= 11 is 12.1. The zero-order valence-corrected chi connectivity index (χ0v) is 15.7. The summed E-state index contributed by atoms with van der Waals surface area (Å²) in [6, 6.07) is 14.0. The van der Waals surface area contributed by atoms with Gasteiger partial charge in [-0.05, 0) is 60.3 Å². The van der Waals surface area contributed by atoms with Crippen LogP contribution in [0.2, 0.25) is 0 Å². The SMILES string of the molecule is OC(c1cc(Br)sc1Br)c1ccc(Br)c2ccccc12. The second-order valence-corrected chi connectivity index (χ2v) is 8.97. The van der Waals surface area contributed by atoms with Crippen LogP contribution in [0.15, 0.2) is 54.5 Å². The van der Waals surface area contributed by atoms with Crippen molar-refractivity contribution < 1.29 is 5.11 Å². The molecule has 3 aromatic rings. The minimum atomic E-state index is -0.648. The van der Waals surface area contributed by atoms with Crippen molar-refractivity contribution >= 4 is 69.9 Å². The van der Waals surface area contributed by atoms with Gasteiger partial charge in [0.1, 0.15) is 6.10 Å². The molecule has 0 amide bonds. The van der Waals surface area contributed by atoms with E-state index in [1.165, 1.54) is 0 Å².